The first-order chi connectivity index (χ1) is 9.24. The van der Waals surface area contributed by atoms with Crippen molar-refractivity contribution in [2.45, 2.75) is 13.0 Å². The number of benzene rings is 1. The second-order valence-corrected chi connectivity index (χ2v) is 4.60. The van der Waals surface area contributed by atoms with Crippen LogP contribution >= 0.6 is 0 Å². The third-order valence-electron chi connectivity index (χ3n) is 3.35. The average Bonchev–Trinajstić information content (AvgIpc) is 2.98. The van der Waals surface area contributed by atoms with E-state index in [1.54, 1.807) is 14.2 Å². The molecule has 0 aliphatic carbocycles. The molecule has 104 valence electrons. The van der Waals surface area contributed by atoms with Crippen LogP contribution in [-0.4, -0.2) is 33.2 Å². The molecule has 1 atom stereocenters. The summed E-state index contributed by atoms with van der Waals surface area (Å²) in [7, 11) is 3.21. The highest BCUT2D eigenvalue weighted by atomic mass is 16.5. The fourth-order valence-corrected chi connectivity index (χ4v) is 2.20. The van der Waals surface area contributed by atoms with Crippen molar-refractivity contribution in [1.29, 1.82) is 0 Å². The molecule has 1 fully saturated rings. The normalized spacial score (nSPS) is 18.1. The molecule has 1 aromatic carbocycles. The topological polar surface area (TPSA) is 59.6 Å². The zero-order valence-corrected chi connectivity index (χ0v) is 11.4. The maximum atomic E-state index is 11.9. The summed E-state index contributed by atoms with van der Waals surface area (Å²) in [5, 5.41) is 6.14. The second kappa shape index (κ2) is 6.43. The van der Waals surface area contributed by atoms with Crippen LogP contribution in [0, 0.1) is 5.92 Å². The highest BCUT2D eigenvalue weighted by molar-refractivity contribution is 5.79. The molecular formula is C14H20N2O3. The number of ether oxygens (including phenoxy) is 2. The number of methoxy groups -OCH3 is 2. The van der Waals surface area contributed by atoms with Gasteiger partial charge in [-0.2, -0.15) is 0 Å². The van der Waals surface area contributed by atoms with Crippen molar-refractivity contribution in [1.82, 2.24) is 10.6 Å². The molecule has 0 aromatic heterocycles. The minimum absolute atomic E-state index is 0.0974. The number of carbonyl (C=O) groups excluding carboxylic acids is 1. The van der Waals surface area contributed by atoms with Gasteiger partial charge in [-0.1, -0.05) is 6.07 Å². The molecule has 1 aromatic rings. The van der Waals surface area contributed by atoms with Crippen LogP contribution in [0.25, 0.3) is 0 Å². The van der Waals surface area contributed by atoms with E-state index in [9.17, 15) is 4.79 Å². The number of carbonyl (C=O) groups is 1. The molecule has 1 heterocycles. The van der Waals surface area contributed by atoms with Gasteiger partial charge >= 0.3 is 0 Å². The Hall–Kier alpha value is -1.75. The molecule has 1 saturated heterocycles. The quantitative estimate of drug-likeness (QED) is 0.830. The van der Waals surface area contributed by atoms with Crippen molar-refractivity contribution in [2.24, 2.45) is 5.92 Å². The van der Waals surface area contributed by atoms with Gasteiger partial charge in [0.2, 0.25) is 5.91 Å². The SMILES string of the molecule is COc1ccc(CNC(=O)C2CCNC2)cc1OC. The van der Waals surface area contributed by atoms with Gasteiger partial charge < -0.3 is 20.1 Å². The predicted octanol–water partition coefficient (Wildman–Crippen LogP) is 0.929. The Morgan fingerprint density at radius 3 is 2.79 bits per heavy atom. The first-order valence-electron chi connectivity index (χ1n) is 6.44. The third kappa shape index (κ3) is 3.38. The Balaban J connectivity index is 1.93. The van der Waals surface area contributed by atoms with Crippen LogP contribution in [0.15, 0.2) is 18.2 Å². The van der Waals surface area contributed by atoms with Gasteiger partial charge in [0, 0.05) is 13.1 Å². The van der Waals surface area contributed by atoms with Gasteiger partial charge in [-0.3, -0.25) is 4.79 Å². The number of rotatable bonds is 5. The van der Waals surface area contributed by atoms with Crippen molar-refractivity contribution < 1.29 is 14.3 Å². The van der Waals surface area contributed by atoms with E-state index in [1.165, 1.54) is 0 Å². The standard InChI is InChI=1S/C14H20N2O3/c1-18-12-4-3-10(7-13(12)19-2)8-16-14(17)11-5-6-15-9-11/h3-4,7,11,15H,5-6,8-9H2,1-2H3,(H,16,17). The van der Waals surface area contributed by atoms with Gasteiger partial charge in [0.05, 0.1) is 20.1 Å². The summed E-state index contributed by atoms with van der Waals surface area (Å²) in [4.78, 5) is 11.9. The molecule has 0 radical (unpaired) electrons. The van der Waals surface area contributed by atoms with E-state index >= 15 is 0 Å². The highest BCUT2D eigenvalue weighted by Crippen LogP contribution is 2.27. The molecular weight excluding hydrogens is 244 g/mol. The molecule has 1 aliphatic rings. The Labute approximate surface area is 113 Å². The molecule has 0 spiro atoms. The van der Waals surface area contributed by atoms with Crippen molar-refractivity contribution in [2.75, 3.05) is 27.3 Å². The first-order valence-corrected chi connectivity index (χ1v) is 6.44. The molecule has 0 bridgehead atoms. The zero-order valence-electron chi connectivity index (χ0n) is 11.4. The summed E-state index contributed by atoms with van der Waals surface area (Å²) in [6.07, 6.45) is 0.914. The number of nitrogens with one attached hydrogen (secondary N) is 2. The lowest BCUT2D eigenvalue weighted by molar-refractivity contribution is -0.124. The largest absolute Gasteiger partial charge is 0.493 e. The fraction of sp³-hybridized carbons (Fsp3) is 0.500. The van der Waals surface area contributed by atoms with E-state index in [2.05, 4.69) is 10.6 Å². The molecule has 2 rings (SSSR count). The summed E-state index contributed by atoms with van der Waals surface area (Å²) in [5.41, 5.74) is 0.997. The summed E-state index contributed by atoms with van der Waals surface area (Å²) >= 11 is 0. The summed E-state index contributed by atoms with van der Waals surface area (Å²) in [5.74, 6) is 1.58. The minimum Gasteiger partial charge on any atom is -0.493 e. The lowest BCUT2D eigenvalue weighted by Crippen LogP contribution is -2.31. The molecule has 1 amide bonds. The Morgan fingerprint density at radius 2 is 2.16 bits per heavy atom. The molecule has 0 saturated carbocycles. The number of hydrogen-bond donors (Lipinski definition) is 2. The molecule has 5 heteroatoms. The van der Waals surface area contributed by atoms with Crippen LogP contribution in [-0.2, 0) is 11.3 Å². The van der Waals surface area contributed by atoms with Crippen LogP contribution in [0.2, 0.25) is 0 Å². The Bertz CT molecular complexity index is 442. The van der Waals surface area contributed by atoms with Crippen LogP contribution in [0.5, 0.6) is 11.5 Å². The van der Waals surface area contributed by atoms with E-state index in [0.717, 1.165) is 25.1 Å². The van der Waals surface area contributed by atoms with Crippen LogP contribution < -0.4 is 20.1 Å². The van der Waals surface area contributed by atoms with Crippen LogP contribution in [0.4, 0.5) is 0 Å². The number of amides is 1. The molecule has 19 heavy (non-hydrogen) atoms. The maximum absolute atomic E-state index is 11.9. The monoisotopic (exact) mass is 264 g/mol. The van der Waals surface area contributed by atoms with E-state index in [-0.39, 0.29) is 11.8 Å². The van der Waals surface area contributed by atoms with Gasteiger partial charge in [-0.25, -0.2) is 0 Å². The van der Waals surface area contributed by atoms with E-state index < -0.39 is 0 Å². The fourth-order valence-electron chi connectivity index (χ4n) is 2.20. The lowest BCUT2D eigenvalue weighted by atomic mass is 10.1. The predicted molar refractivity (Wildman–Crippen MR) is 72.4 cm³/mol. The van der Waals surface area contributed by atoms with Gasteiger partial charge in [-0.05, 0) is 30.7 Å². The van der Waals surface area contributed by atoms with Crippen LogP contribution in [0.3, 0.4) is 0 Å². The Kier molecular flexibility index (Phi) is 4.63. The minimum atomic E-state index is 0.0974. The molecule has 2 N–H and O–H groups in total. The van der Waals surface area contributed by atoms with Crippen molar-refractivity contribution >= 4 is 5.91 Å². The second-order valence-electron chi connectivity index (χ2n) is 4.60. The van der Waals surface area contributed by atoms with Gasteiger partial charge in [0.1, 0.15) is 0 Å². The first kappa shape index (κ1) is 13.7. The molecule has 1 unspecified atom stereocenters. The highest BCUT2D eigenvalue weighted by Gasteiger charge is 2.21. The smallest absolute Gasteiger partial charge is 0.224 e. The van der Waals surface area contributed by atoms with E-state index in [1.807, 2.05) is 18.2 Å². The summed E-state index contributed by atoms with van der Waals surface area (Å²) in [6, 6.07) is 5.65. The molecule has 1 aliphatic heterocycles. The average molecular weight is 264 g/mol. The Morgan fingerprint density at radius 1 is 1.37 bits per heavy atom. The number of hydrogen-bond acceptors (Lipinski definition) is 4. The summed E-state index contributed by atoms with van der Waals surface area (Å²) in [6.45, 7) is 2.21. The molecule has 5 nitrogen and oxygen atoms in total. The van der Waals surface area contributed by atoms with Crippen molar-refractivity contribution in [3.63, 3.8) is 0 Å². The van der Waals surface area contributed by atoms with Gasteiger partial charge in [-0.15, -0.1) is 0 Å². The lowest BCUT2D eigenvalue weighted by Gasteiger charge is -2.12. The van der Waals surface area contributed by atoms with Gasteiger partial charge in [0.25, 0.3) is 0 Å². The van der Waals surface area contributed by atoms with E-state index in [4.69, 9.17) is 9.47 Å². The summed E-state index contributed by atoms with van der Waals surface area (Å²) < 4.78 is 10.4. The van der Waals surface area contributed by atoms with Gasteiger partial charge in [0.15, 0.2) is 11.5 Å². The third-order valence-corrected chi connectivity index (χ3v) is 3.35. The zero-order chi connectivity index (χ0) is 13.7. The van der Waals surface area contributed by atoms with E-state index in [0.29, 0.717) is 18.0 Å². The van der Waals surface area contributed by atoms with Crippen molar-refractivity contribution in [3.8, 4) is 11.5 Å². The maximum Gasteiger partial charge on any atom is 0.224 e. The van der Waals surface area contributed by atoms with Crippen LogP contribution in [0.1, 0.15) is 12.0 Å². The van der Waals surface area contributed by atoms with Crippen molar-refractivity contribution in [3.05, 3.63) is 23.8 Å².